The van der Waals surface area contributed by atoms with Crippen LogP contribution in [-0.4, -0.2) is 32.6 Å². The van der Waals surface area contributed by atoms with Crippen molar-refractivity contribution in [3.05, 3.63) is 45.0 Å². The van der Waals surface area contributed by atoms with Gasteiger partial charge in [0.25, 0.3) is 0 Å². The summed E-state index contributed by atoms with van der Waals surface area (Å²) < 4.78 is 1.81. The molecular weight excluding hydrogens is 350 g/mol. The highest BCUT2D eigenvalue weighted by molar-refractivity contribution is 5.74. The van der Waals surface area contributed by atoms with Gasteiger partial charge in [-0.05, 0) is 50.7 Å². The number of hydrogen-bond donors (Lipinski definition) is 1. The van der Waals surface area contributed by atoms with Crippen molar-refractivity contribution < 1.29 is 0 Å². The van der Waals surface area contributed by atoms with Crippen molar-refractivity contribution in [3.8, 4) is 0 Å². The van der Waals surface area contributed by atoms with Crippen molar-refractivity contribution in [1.82, 2.24) is 14.5 Å². The predicted molar refractivity (Wildman–Crippen MR) is 112 cm³/mol. The third-order valence-electron chi connectivity index (χ3n) is 7.45. The SMILES string of the molecule is O=c1[nH]c2ccccc2n([C@H]2C[C@H]3CC[C@@H](C2)N3C2CCCCCCC2)c1=O. The van der Waals surface area contributed by atoms with Crippen LogP contribution in [0.5, 0.6) is 0 Å². The molecule has 1 aromatic heterocycles. The second-order valence-corrected chi connectivity index (χ2v) is 9.10. The van der Waals surface area contributed by atoms with Gasteiger partial charge in [-0.2, -0.15) is 0 Å². The summed E-state index contributed by atoms with van der Waals surface area (Å²) in [5.74, 6) is 0. The van der Waals surface area contributed by atoms with Crippen molar-refractivity contribution in [2.45, 2.75) is 94.8 Å². The summed E-state index contributed by atoms with van der Waals surface area (Å²) >= 11 is 0. The first-order valence-corrected chi connectivity index (χ1v) is 11.2. The van der Waals surface area contributed by atoms with Gasteiger partial charge in [0.05, 0.1) is 11.0 Å². The summed E-state index contributed by atoms with van der Waals surface area (Å²) in [6.07, 6.45) is 14.1. The van der Waals surface area contributed by atoms with E-state index in [4.69, 9.17) is 0 Å². The molecule has 0 spiro atoms. The van der Waals surface area contributed by atoms with Gasteiger partial charge in [0.2, 0.25) is 0 Å². The molecule has 3 aliphatic rings. The molecular formula is C23H31N3O2. The number of aromatic nitrogens is 2. The zero-order valence-electron chi connectivity index (χ0n) is 16.6. The molecule has 1 saturated carbocycles. The highest BCUT2D eigenvalue weighted by Crippen LogP contribution is 2.43. The Bertz CT molecular complexity index is 940. The van der Waals surface area contributed by atoms with E-state index < -0.39 is 5.56 Å². The maximum atomic E-state index is 12.8. The van der Waals surface area contributed by atoms with Crippen LogP contribution in [-0.2, 0) is 0 Å². The Labute approximate surface area is 165 Å². The van der Waals surface area contributed by atoms with Crippen LogP contribution in [0.2, 0.25) is 0 Å². The number of hydrogen-bond acceptors (Lipinski definition) is 3. The lowest BCUT2D eigenvalue weighted by Gasteiger charge is -2.44. The van der Waals surface area contributed by atoms with Gasteiger partial charge in [0.15, 0.2) is 0 Å². The van der Waals surface area contributed by atoms with Gasteiger partial charge in [-0.3, -0.25) is 19.1 Å². The lowest BCUT2D eigenvalue weighted by Crippen LogP contribution is -2.51. The highest BCUT2D eigenvalue weighted by atomic mass is 16.2. The van der Waals surface area contributed by atoms with E-state index in [9.17, 15) is 9.59 Å². The molecule has 1 N–H and O–H groups in total. The first kappa shape index (κ1) is 18.2. The molecule has 150 valence electrons. The van der Waals surface area contributed by atoms with Crippen LogP contribution < -0.4 is 11.1 Å². The maximum absolute atomic E-state index is 12.8. The normalized spacial score (nSPS) is 29.6. The molecule has 2 aromatic rings. The number of aromatic amines is 1. The summed E-state index contributed by atoms with van der Waals surface area (Å²) in [6, 6.07) is 9.73. The minimum atomic E-state index is -0.492. The number of para-hydroxylation sites is 2. The largest absolute Gasteiger partial charge is 0.316 e. The van der Waals surface area contributed by atoms with E-state index >= 15 is 0 Å². The van der Waals surface area contributed by atoms with Gasteiger partial charge in [-0.1, -0.05) is 44.2 Å². The molecule has 0 radical (unpaired) electrons. The third kappa shape index (κ3) is 3.14. The lowest BCUT2D eigenvalue weighted by atomic mass is 9.89. The lowest BCUT2D eigenvalue weighted by molar-refractivity contribution is 0.0497. The Morgan fingerprint density at radius 3 is 2.11 bits per heavy atom. The Hall–Kier alpha value is -1.88. The van der Waals surface area contributed by atoms with Crippen molar-refractivity contribution in [2.24, 2.45) is 0 Å². The van der Waals surface area contributed by atoms with E-state index in [0.717, 1.165) is 29.9 Å². The first-order chi connectivity index (χ1) is 13.7. The number of H-pyrrole nitrogens is 1. The van der Waals surface area contributed by atoms with Gasteiger partial charge < -0.3 is 4.98 Å². The average molecular weight is 382 g/mol. The molecule has 0 unspecified atom stereocenters. The number of fused-ring (bicyclic) bond motifs is 3. The van der Waals surface area contributed by atoms with E-state index in [1.807, 2.05) is 28.8 Å². The molecule has 5 nitrogen and oxygen atoms in total. The summed E-state index contributed by atoms with van der Waals surface area (Å²) in [4.78, 5) is 30.6. The topological polar surface area (TPSA) is 58.1 Å². The van der Waals surface area contributed by atoms with Gasteiger partial charge in [-0.15, -0.1) is 0 Å². The Balaban J connectivity index is 1.45. The number of nitrogens with zero attached hydrogens (tertiary/aromatic N) is 2. The molecule has 3 atom stereocenters. The van der Waals surface area contributed by atoms with Crippen molar-refractivity contribution >= 4 is 11.0 Å². The van der Waals surface area contributed by atoms with Crippen LogP contribution >= 0.6 is 0 Å². The molecule has 1 aliphatic carbocycles. The van der Waals surface area contributed by atoms with Gasteiger partial charge in [0, 0.05) is 24.2 Å². The minimum absolute atomic E-state index is 0.141. The number of nitrogens with one attached hydrogen (secondary N) is 1. The summed E-state index contributed by atoms with van der Waals surface area (Å²) in [7, 11) is 0. The second-order valence-electron chi connectivity index (χ2n) is 9.10. The molecule has 3 fully saturated rings. The first-order valence-electron chi connectivity index (χ1n) is 11.2. The fourth-order valence-electron chi connectivity index (χ4n) is 6.27. The van der Waals surface area contributed by atoms with Crippen LogP contribution in [0.4, 0.5) is 0 Å². The monoisotopic (exact) mass is 381 g/mol. The minimum Gasteiger partial charge on any atom is -0.316 e. The smallest absolute Gasteiger partial charge is 0.316 e. The van der Waals surface area contributed by atoms with E-state index in [1.165, 1.54) is 57.8 Å². The molecule has 28 heavy (non-hydrogen) atoms. The molecule has 2 aliphatic heterocycles. The highest BCUT2D eigenvalue weighted by Gasteiger charge is 2.44. The summed E-state index contributed by atoms with van der Waals surface area (Å²) in [6.45, 7) is 0. The molecule has 2 saturated heterocycles. The molecule has 0 amide bonds. The standard InChI is InChI=1S/C23H31N3O2/c27-22-23(28)26(21-11-7-6-10-20(21)24-22)19-14-17-12-13-18(15-19)25(17)16-8-4-2-1-3-5-9-16/h6-7,10-11,16-19H,1-5,8-9,12-15H2,(H,24,27)/t17-,18+,19+. The van der Waals surface area contributed by atoms with E-state index in [0.29, 0.717) is 12.1 Å². The predicted octanol–water partition coefficient (Wildman–Crippen LogP) is 3.97. The molecule has 5 heteroatoms. The third-order valence-corrected chi connectivity index (χ3v) is 7.45. The van der Waals surface area contributed by atoms with Crippen LogP contribution in [0.25, 0.3) is 11.0 Å². The van der Waals surface area contributed by atoms with E-state index in [1.54, 1.807) is 0 Å². The fraction of sp³-hybridized carbons (Fsp3) is 0.652. The van der Waals surface area contributed by atoms with Crippen LogP contribution in [0.15, 0.2) is 33.9 Å². The van der Waals surface area contributed by atoms with E-state index in [-0.39, 0.29) is 11.6 Å². The zero-order valence-corrected chi connectivity index (χ0v) is 16.6. The number of rotatable bonds is 2. The quantitative estimate of drug-likeness (QED) is 0.801. The molecule has 3 heterocycles. The van der Waals surface area contributed by atoms with Crippen molar-refractivity contribution in [3.63, 3.8) is 0 Å². The summed E-state index contributed by atoms with van der Waals surface area (Å²) in [5.41, 5.74) is 0.758. The van der Waals surface area contributed by atoms with Crippen LogP contribution in [0, 0.1) is 0 Å². The van der Waals surface area contributed by atoms with Crippen LogP contribution in [0.3, 0.4) is 0 Å². The van der Waals surface area contributed by atoms with Crippen molar-refractivity contribution in [1.29, 1.82) is 0 Å². The van der Waals surface area contributed by atoms with Gasteiger partial charge in [-0.25, -0.2) is 0 Å². The van der Waals surface area contributed by atoms with Gasteiger partial charge in [0.1, 0.15) is 0 Å². The average Bonchev–Trinajstić information content (AvgIpc) is 2.92. The maximum Gasteiger partial charge on any atom is 0.316 e. The zero-order chi connectivity index (χ0) is 19.1. The number of piperidine rings is 1. The molecule has 1 aromatic carbocycles. The number of benzene rings is 1. The Morgan fingerprint density at radius 2 is 1.39 bits per heavy atom. The van der Waals surface area contributed by atoms with Gasteiger partial charge >= 0.3 is 11.1 Å². The van der Waals surface area contributed by atoms with Crippen LogP contribution in [0.1, 0.15) is 76.7 Å². The van der Waals surface area contributed by atoms with E-state index in [2.05, 4.69) is 9.88 Å². The summed E-state index contributed by atoms with van der Waals surface area (Å²) in [5, 5.41) is 0. The Morgan fingerprint density at radius 1 is 0.750 bits per heavy atom. The molecule has 2 bridgehead atoms. The second kappa shape index (κ2) is 7.51. The Kier molecular flexibility index (Phi) is 4.87. The van der Waals surface area contributed by atoms with Crippen molar-refractivity contribution in [2.75, 3.05) is 0 Å². The molecule has 5 rings (SSSR count). The fourth-order valence-corrected chi connectivity index (χ4v) is 6.27.